The lowest BCUT2D eigenvalue weighted by Crippen LogP contribution is -1.96. The molecule has 0 aliphatic heterocycles. The van der Waals surface area contributed by atoms with E-state index in [9.17, 15) is 0 Å². The highest BCUT2D eigenvalue weighted by molar-refractivity contribution is 5.49. The van der Waals surface area contributed by atoms with Gasteiger partial charge in [0.05, 0.1) is 12.8 Å². The van der Waals surface area contributed by atoms with Crippen molar-refractivity contribution in [2.24, 2.45) is 0 Å². The van der Waals surface area contributed by atoms with Gasteiger partial charge in [-0.1, -0.05) is 0 Å². The minimum absolute atomic E-state index is 0.295. The minimum atomic E-state index is 0.295. The van der Waals surface area contributed by atoms with Crippen LogP contribution in [0.5, 0.6) is 5.88 Å². The van der Waals surface area contributed by atoms with Gasteiger partial charge in [0.2, 0.25) is 5.88 Å². The Labute approximate surface area is 64.2 Å². The number of rotatable bonds is 1. The van der Waals surface area contributed by atoms with E-state index in [1.54, 1.807) is 6.07 Å². The molecule has 1 aromatic heterocycles. The summed E-state index contributed by atoms with van der Waals surface area (Å²) in [6, 6.07) is 5.01. The van der Waals surface area contributed by atoms with E-state index in [-0.39, 0.29) is 0 Å². The van der Waals surface area contributed by atoms with Crippen molar-refractivity contribution >= 4 is 5.69 Å². The van der Waals surface area contributed by atoms with E-state index in [0.29, 0.717) is 17.3 Å². The van der Waals surface area contributed by atoms with Gasteiger partial charge in [0.25, 0.3) is 0 Å². The second-order valence-corrected chi connectivity index (χ2v) is 1.91. The second-order valence-electron chi connectivity index (χ2n) is 1.91. The van der Waals surface area contributed by atoms with Crippen molar-refractivity contribution in [3.8, 4) is 11.9 Å². The fourth-order valence-corrected chi connectivity index (χ4v) is 0.677. The molecule has 1 aromatic rings. The molecule has 56 valence electrons. The van der Waals surface area contributed by atoms with Gasteiger partial charge in [0.15, 0.2) is 0 Å². The molecule has 1 rings (SSSR count). The number of aromatic nitrogens is 1. The molecule has 0 aromatic carbocycles. The van der Waals surface area contributed by atoms with E-state index in [4.69, 9.17) is 15.7 Å². The average molecular weight is 149 g/mol. The van der Waals surface area contributed by atoms with Crippen molar-refractivity contribution in [2.45, 2.75) is 0 Å². The van der Waals surface area contributed by atoms with Crippen LogP contribution >= 0.6 is 0 Å². The molecule has 0 unspecified atom stereocenters. The van der Waals surface area contributed by atoms with Crippen LogP contribution in [0, 0.1) is 11.3 Å². The predicted molar refractivity (Wildman–Crippen MR) is 39.9 cm³/mol. The molecule has 0 bridgehead atoms. The van der Waals surface area contributed by atoms with Gasteiger partial charge < -0.3 is 10.5 Å². The monoisotopic (exact) mass is 149 g/mol. The molecule has 0 aliphatic carbocycles. The Hall–Kier alpha value is -1.76. The standard InChI is InChI=1S/C7H7N3O/c1-11-7-6(9)3-2-5(4-8)10-7/h2-3H,9H2,1H3. The number of nitrogens with zero attached hydrogens (tertiary/aromatic N) is 2. The van der Waals surface area contributed by atoms with Crippen molar-refractivity contribution in [1.82, 2.24) is 4.98 Å². The molecule has 0 spiro atoms. The smallest absolute Gasteiger partial charge is 0.238 e. The van der Waals surface area contributed by atoms with Crippen LogP contribution in [0.4, 0.5) is 5.69 Å². The number of nitrogens with two attached hydrogens (primary N) is 1. The van der Waals surface area contributed by atoms with E-state index in [0.717, 1.165) is 0 Å². The largest absolute Gasteiger partial charge is 0.479 e. The van der Waals surface area contributed by atoms with Crippen molar-refractivity contribution in [3.63, 3.8) is 0 Å². The number of nitrogen functional groups attached to an aromatic ring is 1. The van der Waals surface area contributed by atoms with E-state index in [2.05, 4.69) is 4.98 Å². The van der Waals surface area contributed by atoms with Gasteiger partial charge in [0.1, 0.15) is 11.8 Å². The Balaban J connectivity index is 3.15. The molecule has 0 saturated heterocycles. The molecule has 2 N–H and O–H groups in total. The summed E-state index contributed by atoms with van der Waals surface area (Å²) in [5.41, 5.74) is 6.20. The molecule has 0 atom stereocenters. The number of anilines is 1. The highest BCUT2D eigenvalue weighted by Gasteiger charge is 2.00. The number of hydrogen-bond acceptors (Lipinski definition) is 4. The van der Waals surface area contributed by atoms with Crippen LogP contribution in [0.25, 0.3) is 0 Å². The van der Waals surface area contributed by atoms with Gasteiger partial charge in [-0.3, -0.25) is 0 Å². The topological polar surface area (TPSA) is 71.9 Å². The Morgan fingerprint density at radius 1 is 1.64 bits per heavy atom. The van der Waals surface area contributed by atoms with Crippen LogP contribution in [-0.2, 0) is 0 Å². The quantitative estimate of drug-likeness (QED) is 0.632. The van der Waals surface area contributed by atoms with Gasteiger partial charge in [0, 0.05) is 0 Å². The fourth-order valence-electron chi connectivity index (χ4n) is 0.677. The molecule has 0 radical (unpaired) electrons. The Kier molecular flexibility index (Phi) is 1.93. The summed E-state index contributed by atoms with van der Waals surface area (Å²) in [6.07, 6.45) is 0. The Bertz CT molecular complexity index is 303. The highest BCUT2D eigenvalue weighted by atomic mass is 16.5. The molecular formula is C7H7N3O. The van der Waals surface area contributed by atoms with E-state index < -0.39 is 0 Å². The first-order chi connectivity index (χ1) is 5.27. The molecule has 11 heavy (non-hydrogen) atoms. The lowest BCUT2D eigenvalue weighted by atomic mass is 10.3. The van der Waals surface area contributed by atoms with Crippen LogP contribution in [0.2, 0.25) is 0 Å². The third-order valence-electron chi connectivity index (χ3n) is 1.20. The summed E-state index contributed by atoms with van der Waals surface area (Å²) in [5.74, 6) is 0.295. The van der Waals surface area contributed by atoms with Crippen molar-refractivity contribution < 1.29 is 4.74 Å². The van der Waals surface area contributed by atoms with Crippen molar-refractivity contribution in [1.29, 1.82) is 5.26 Å². The number of ether oxygens (including phenoxy) is 1. The maximum atomic E-state index is 8.44. The van der Waals surface area contributed by atoms with Crippen molar-refractivity contribution in [3.05, 3.63) is 17.8 Å². The van der Waals surface area contributed by atoms with Crippen LogP contribution in [0.1, 0.15) is 5.69 Å². The fraction of sp³-hybridized carbons (Fsp3) is 0.143. The summed E-state index contributed by atoms with van der Waals surface area (Å²) in [4.78, 5) is 3.80. The maximum Gasteiger partial charge on any atom is 0.238 e. The van der Waals surface area contributed by atoms with Gasteiger partial charge >= 0.3 is 0 Å². The summed E-state index contributed by atoms with van der Waals surface area (Å²) in [7, 11) is 1.46. The van der Waals surface area contributed by atoms with E-state index in [1.165, 1.54) is 13.2 Å². The third-order valence-corrected chi connectivity index (χ3v) is 1.20. The average Bonchev–Trinajstić information content (AvgIpc) is 2.05. The first kappa shape index (κ1) is 7.35. The van der Waals surface area contributed by atoms with Gasteiger partial charge in [-0.25, -0.2) is 4.98 Å². The van der Waals surface area contributed by atoms with Crippen molar-refractivity contribution in [2.75, 3.05) is 12.8 Å². The van der Waals surface area contributed by atoms with E-state index >= 15 is 0 Å². The molecule has 1 heterocycles. The summed E-state index contributed by atoms with van der Waals surface area (Å²) >= 11 is 0. The lowest BCUT2D eigenvalue weighted by Gasteiger charge is -2.00. The summed E-state index contributed by atoms with van der Waals surface area (Å²) < 4.78 is 4.80. The Morgan fingerprint density at radius 2 is 2.36 bits per heavy atom. The number of methoxy groups -OCH3 is 1. The molecule has 0 saturated carbocycles. The first-order valence-corrected chi connectivity index (χ1v) is 2.98. The number of pyridine rings is 1. The van der Waals surface area contributed by atoms with Gasteiger partial charge in [-0.2, -0.15) is 5.26 Å². The zero-order chi connectivity index (χ0) is 8.27. The van der Waals surface area contributed by atoms with E-state index in [1.807, 2.05) is 6.07 Å². The van der Waals surface area contributed by atoms with Crippen LogP contribution in [0.3, 0.4) is 0 Å². The zero-order valence-corrected chi connectivity index (χ0v) is 6.03. The minimum Gasteiger partial charge on any atom is -0.479 e. The van der Waals surface area contributed by atoms with Crippen LogP contribution in [-0.4, -0.2) is 12.1 Å². The summed E-state index contributed by atoms with van der Waals surface area (Å²) in [5, 5.41) is 8.44. The maximum absolute atomic E-state index is 8.44. The molecule has 4 nitrogen and oxygen atoms in total. The lowest BCUT2D eigenvalue weighted by molar-refractivity contribution is 0.400. The second kappa shape index (κ2) is 2.88. The summed E-state index contributed by atoms with van der Waals surface area (Å²) in [6.45, 7) is 0. The van der Waals surface area contributed by atoms with Gasteiger partial charge in [-0.15, -0.1) is 0 Å². The normalized spacial score (nSPS) is 8.73. The Morgan fingerprint density at radius 3 is 2.91 bits per heavy atom. The first-order valence-electron chi connectivity index (χ1n) is 2.98. The molecule has 0 amide bonds. The molecular weight excluding hydrogens is 142 g/mol. The number of hydrogen-bond donors (Lipinski definition) is 1. The van der Waals surface area contributed by atoms with Crippen LogP contribution in [0.15, 0.2) is 12.1 Å². The molecule has 4 heteroatoms. The molecule has 0 aliphatic rings. The zero-order valence-electron chi connectivity index (χ0n) is 6.03. The van der Waals surface area contributed by atoms with Crippen LogP contribution < -0.4 is 10.5 Å². The molecule has 0 fully saturated rings. The highest BCUT2D eigenvalue weighted by Crippen LogP contribution is 2.16. The third kappa shape index (κ3) is 1.38. The predicted octanol–water partition coefficient (Wildman–Crippen LogP) is 0.544. The number of nitriles is 1. The SMILES string of the molecule is COc1nc(C#N)ccc1N. The van der Waals surface area contributed by atoms with Gasteiger partial charge in [-0.05, 0) is 12.1 Å².